The lowest BCUT2D eigenvalue weighted by atomic mass is 9.30. The second-order valence-corrected chi connectivity index (χ2v) is 24.8. The second-order valence-electron chi connectivity index (χ2n) is 23.7. The van der Waals surface area contributed by atoms with E-state index < -0.39 is 0 Å². The third-order valence-corrected chi connectivity index (χ3v) is 17.4. The van der Waals surface area contributed by atoms with Gasteiger partial charge in [0.05, 0.1) is 16.6 Å². The van der Waals surface area contributed by atoms with Crippen LogP contribution in [0.25, 0.3) is 75.2 Å². The standard InChI is InChI=1S/C60H57BN2S/c1-56(2,3)34-18-24-45-39(28-34)40-30-36(57(4,5)6)31-44-54(40)63(45)47-15-13-14-42-53(47)61(44)43-23-25-46-50(52(43)60(42,11)12)38-22-27-49-51-41-29-35(19-26-48(41)64-49)59(9,10)32-58(7,8)33-16-20-37(21-17-33)62(46)55(38)51/h13-31H,32H2,1-12H3. The highest BCUT2D eigenvalue weighted by Crippen LogP contribution is 2.50. The van der Waals surface area contributed by atoms with Gasteiger partial charge in [-0.05, 0) is 133 Å². The second kappa shape index (κ2) is 12.0. The van der Waals surface area contributed by atoms with Gasteiger partial charge in [0.2, 0.25) is 6.71 Å². The summed E-state index contributed by atoms with van der Waals surface area (Å²) in [5.41, 5.74) is 20.4. The molecular formula is C60H57BN2S. The fourth-order valence-corrected chi connectivity index (χ4v) is 14.3. The van der Waals surface area contributed by atoms with Gasteiger partial charge < -0.3 is 9.13 Å². The normalized spacial score (nSPS) is 17.0. The van der Waals surface area contributed by atoms with Gasteiger partial charge in [-0.25, -0.2) is 0 Å². The van der Waals surface area contributed by atoms with Crippen LogP contribution in [0.3, 0.4) is 0 Å². The Morgan fingerprint density at radius 1 is 0.531 bits per heavy atom. The fraction of sp³-hybridized carbons (Fsp3) is 0.300. The van der Waals surface area contributed by atoms with Crippen molar-refractivity contribution in [3.63, 3.8) is 0 Å². The van der Waals surface area contributed by atoms with Gasteiger partial charge in [-0.2, -0.15) is 0 Å². The van der Waals surface area contributed by atoms with E-state index in [9.17, 15) is 0 Å². The monoisotopic (exact) mass is 848 g/mol. The molecule has 0 N–H and O–H groups in total. The van der Waals surface area contributed by atoms with Gasteiger partial charge in [0.25, 0.3) is 0 Å². The van der Waals surface area contributed by atoms with Gasteiger partial charge in [-0.15, -0.1) is 11.3 Å². The van der Waals surface area contributed by atoms with Crippen molar-refractivity contribution in [1.82, 2.24) is 9.13 Å². The maximum atomic E-state index is 2.64. The first-order valence-corrected chi connectivity index (χ1v) is 24.4. The first-order valence-electron chi connectivity index (χ1n) is 23.6. The van der Waals surface area contributed by atoms with Crippen molar-refractivity contribution in [2.45, 2.75) is 117 Å². The summed E-state index contributed by atoms with van der Waals surface area (Å²) in [5, 5.41) is 8.24. The molecule has 0 aliphatic carbocycles. The third kappa shape index (κ3) is 4.88. The van der Waals surface area contributed by atoms with Crippen molar-refractivity contribution in [3.05, 3.63) is 149 Å². The molecule has 0 saturated carbocycles. The number of nitrogens with zero attached hydrogens (tertiary/aromatic N) is 2. The Morgan fingerprint density at radius 3 is 1.97 bits per heavy atom. The van der Waals surface area contributed by atoms with Crippen LogP contribution in [0, 0.1) is 0 Å². The predicted octanol–water partition coefficient (Wildman–Crippen LogP) is 14.3. The minimum absolute atomic E-state index is 0.00156. The number of rotatable bonds is 0. The lowest BCUT2D eigenvalue weighted by Crippen LogP contribution is -2.63. The highest BCUT2D eigenvalue weighted by Gasteiger charge is 2.47. The van der Waals surface area contributed by atoms with Crippen molar-refractivity contribution in [2.24, 2.45) is 0 Å². The van der Waals surface area contributed by atoms with E-state index >= 15 is 0 Å². The number of hydrogen-bond donors (Lipinski definition) is 0. The van der Waals surface area contributed by atoms with E-state index in [1.54, 1.807) is 0 Å². The molecule has 4 heteroatoms. The molecule has 0 atom stereocenters. The molecule has 7 heterocycles. The topological polar surface area (TPSA) is 9.86 Å². The van der Waals surface area contributed by atoms with Gasteiger partial charge in [0, 0.05) is 64.0 Å². The van der Waals surface area contributed by atoms with Gasteiger partial charge in [0.1, 0.15) is 0 Å². The van der Waals surface area contributed by atoms with Crippen LogP contribution >= 0.6 is 11.3 Å². The van der Waals surface area contributed by atoms with E-state index in [1.165, 1.54) is 125 Å². The molecule has 3 aromatic heterocycles. The van der Waals surface area contributed by atoms with E-state index in [2.05, 4.69) is 207 Å². The fourth-order valence-electron chi connectivity index (χ4n) is 13.2. The number of thiophene rings is 1. The Hall–Kier alpha value is -5.58. The molecule has 0 unspecified atom stereocenters. The van der Waals surface area contributed by atoms with Crippen LogP contribution in [0.2, 0.25) is 0 Å². The molecule has 64 heavy (non-hydrogen) atoms. The third-order valence-electron chi connectivity index (χ3n) is 16.3. The number of aromatic nitrogens is 2. The molecule has 316 valence electrons. The van der Waals surface area contributed by atoms with Crippen molar-refractivity contribution >= 4 is 98.2 Å². The predicted molar refractivity (Wildman–Crippen MR) is 279 cm³/mol. The largest absolute Gasteiger partial charge is 0.310 e. The maximum Gasteiger partial charge on any atom is 0.247 e. The summed E-state index contributed by atoms with van der Waals surface area (Å²) in [7, 11) is 0. The zero-order valence-corrected chi connectivity index (χ0v) is 40.4. The smallest absolute Gasteiger partial charge is 0.247 e. The Bertz CT molecular complexity index is 3740. The van der Waals surface area contributed by atoms with E-state index in [1.807, 2.05) is 11.3 Å². The van der Waals surface area contributed by atoms with Crippen molar-refractivity contribution in [2.75, 3.05) is 0 Å². The summed E-state index contributed by atoms with van der Waals surface area (Å²) in [6.07, 6.45) is 1.06. The number of benzene rings is 7. The van der Waals surface area contributed by atoms with Crippen LogP contribution in [-0.2, 0) is 27.1 Å². The first kappa shape index (κ1) is 38.8. The molecule has 4 bridgehead atoms. The summed E-state index contributed by atoms with van der Waals surface area (Å²) in [6.45, 7) is 29.0. The molecule has 10 aromatic rings. The quantitative estimate of drug-likeness (QED) is 0.135. The minimum atomic E-state index is -0.284. The average molecular weight is 849 g/mol. The Labute approximate surface area is 382 Å². The molecule has 0 saturated heterocycles. The van der Waals surface area contributed by atoms with Gasteiger partial charge >= 0.3 is 0 Å². The Kier molecular flexibility index (Phi) is 7.28. The van der Waals surface area contributed by atoms with Crippen molar-refractivity contribution in [1.29, 1.82) is 0 Å². The molecule has 14 rings (SSSR count). The number of hydrogen-bond acceptors (Lipinski definition) is 1. The average Bonchev–Trinajstić information content (AvgIpc) is 3.89. The summed E-state index contributed by atoms with van der Waals surface area (Å²) in [4.78, 5) is 0. The minimum Gasteiger partial charge on any atom is -0.310 e. The van der Waals surface area contributed by atoms with E-state index in [4.69, 9.17) is 0 Å². The van der Waals surface area contributed by atoms with Crippen LogP contribution in [0.15, 0.2) is 115 Å². The molecule has 4 aliphatic rings. The van der Waals surface area contributed by atoms with Crippen molar-refractivity contribution < 1.29 is 0 Å². The summed E-state index contributed by atoms with van der Waals surface area (Å²) in [5.74, 6) is 0. The zero-order chi connectivity index (χ0) is 44.4. The molecule has 0 radical (unpaired) electrons. The van der Waals surface area contributed by atoms with Gasteiger partial charge in [0.15, 0.2) is 0 Å². The molecule has 4 aliphatic heterocycles. The molecule has 0 amide bonds. The molecule has 2 nitrogen and oxygen atoms in total. The van der Waals surface area contributed by atoms with Crippen LogP contribution in [0.5, 0.6) is 0 Å². The Balaban J connectivity index is 1.20. The SMILES string of the molecule is CC(C)(C)c1ccc2c(c1)c1cc(C(C)(C)C)cc3c1n2-c1cccc2c1B3c1ccc3c(c1C2(C)C)c1ccc2sc4ccc5cc4c2c1n3-c1ccc(cc1)C(C)(C)CC5(C)C. The molecular weight excluding hydrogens is 792 g/mol. The number of fused-ring (bicyclic) bond motifs is 14. The lowest BCUT2D eigenvalue weighted by molar-refractivity contribution is 0.349. The van der Waals surface area contributed by atoms with E-state index in [0.717, 1.165) is 6.42 Å². The van der Waals surface area contributed by atoms with Crippen LogP contribution in [0.4, 0.5) is 0 Å². The molecule has 0 fully saturated rings. The highest BCUT2D eigenvalue weighted by molar-refractivity contribution is 7.26. The van der Waals surface area contributed by atoms with Crippen molar-refractivity contribution in [3.8, 4) is 11.4 Å². The molecule has 7 aromatic carbocycles. The van der Waals surface area contributed by atoms with Gasteiger partial charge in [-0.1, -0.05) is 143 Å². The lowest BCUT2D eigenvalue weighted by Gasteiger charge is -2.42. The maximum absolute atomic E-state index is 2.64. The Morgan fingerprint density at radius 2 is 1.22 bits per heavy atom. The van der Waals surface area contributed by atoms with Crippen LogP contribution in [-0.4, -0.2) is 15.8 Å². The summed E-state index contributed by atoms with van der Waals surface area (Å²) < 4.78 is 7.99. The van der Waals surface area contributed by atoms with Crippen LogP contribution < -0.4 is 16.4 Å². The summed E-state index contributed by atoms with van der Waals surface area (Å²) in [6, 6.07) is 46.6. The first-order chi connectivity index (χ1) is 30.2. The molecule has 0 spiro atoms. The van der Waals surface area contributed by atoms with E-state index in [0.29, 0.717) is 0 Å². The summed E-state index contributed by atoms with van der Waals surface area (Å²) >= 11 is 1.94. The highest BCUT2D eigenvalue weighted by atomic mass is 32.1. The van der Waals surface area contributed by atoms with Gasteiger partial charge in [-0.3, -0.25) is 0 Å². The zero-order valence-electron chi connectivity index (χ0n) is 39.6. The van der Waals surface area contributed by atoms with E-state index in [-0.39, 0.29) is 33.8 Å². The van der Waals surface area contributed by atoms with Crippen LogP contribution in [0.1, 0.15) is 123 Å².